The van der Waals surface area contributed by atoms with Gasteiger partial charge < -0.3 is 15.0 Å². The second-order valence-electron chi connectivity index (χ2n) is 8.62. The van der Waals surface area contributed by atoms with Crippen molar-refractivity contribution in [1.82, 2.24) is 20.1 Å². The number of nitrogens with zero attached hydrogens (tertiary/aromatic N) is 4. The van der Waals surface area contributed by atoms with E-state index in [4.69, 9.17) is 14.8 Å². The van der Waals surface area contributed by atoms with E-state index in [1.54, 1.807) is 18.4 Å². The van der Waals surface area contributed by atoms with Crippen LogP contribution in [0.3, 0.4) is 0 Å². The predicted molar refractivity (Wildman–Crippen MR) is 123 cm³/mol. The summed E-state index contributed by atoms with van der Waals surface area (Å²) in [5.74, 6) is 1.08. The molecule has 0 bridgehead atoms. The van der Waals surface area contributed by atoms with Crippen molar-refractivity contribution in [2.75, 3.05) is 25.1 Å². The number of anilines is 1. The van der Waals surface area contributed by atoms with Crippen LogP contribution in [-0.2, 0) is 4.79 Å². The molecule has 1 aliphatic carbocycles. The van der Waals surface area contributed by atoms with Gasteiger partial charge in [-0.3, -0.25) is 4.79 Å². The first kappa shape index (κ1) is 20.3. The lowest BCUT2D eigenvalue weighted by atomic mass is 9.97. The zero-order chi connectivity index (χ0) is 21.4. The second kappa shape index (κ2) is 8.49. The SMILES string of the molecule is COc1ccc(-n2nc(C)c3sc(N4CCC[C@H](C(=O)NC5CCCC5)C4)nc32)cc1. The summed E-state index contributed by atoms with van der Waals surface area (Å²) in [6.07, 6.45) is 6.69. The van der Waals surface area contributed by atoms with Gasteiger partial charge in [-0.15, -0.1) is 0 Å². The molecule has 0 spiro atoms. The van der Waals surface area contributed by atoms with Crippen LogP contribution in [-0.4, -0.2) is 46.9 Å². The molecule has 1 atom stereocenters. The fourth-order valence-electron chi connectivity index (χ4n) is 4.72. The van der Waals surface area contributed by atoms with Gasteiger partial charge in [-0.25, -0.2) is 4.68 Å². The Morgan fingerprint density at radius 1 is 1.16 bits per heavy atom. The second-order valence-corrected chi connectivity index (χ2v) is 9.60. The van der Waals surface area contributed by atoms with E-state index in [2.05, 4.69) is 10.2 Å². The van der Waals surface area contributed by atoms with Gasteiger partial charge >= 0.3 is 0 Å². The fourth-order valence-corrected chi connectivity index (χ4v) is 5.74. The molecular formula is C23H29N5O2S. The quantitative estimate of drug-likeness (QED) is 0.649. The van der Waals surface area contributed by atoms with Crippen LogP contribution in [0.5, 0.6) is 5.75 Å². The van der Waals surface area contributed by atoms with Crippen molar-refractivity contribution in [1.29, 1.82) is 0 Å². The molecule has 0 radical (unpaired) electrons. The highest BCUT2D eigenvalue weighted by Crippen LogP contribution is 2.34. The topological polar surface area (TPSA) is 72.3 Å². The molecule has 2 fully saturated rings. The molecule has 5 rings (SSSR count). The number of thiazole rings is 1. The maximum absolute atomic E-state index is 12.8. The zero-order valence-corrected chi connectivity index (χ0v) is 19.0. The van der Waals surface area contributed by atoms with Crippen molar-refractivity contribution >= 4 is 32.7 Å². The lowest BCUT2D eigenvalue weighted by molar-refractivity contribution is -0.125. The number of benzene rings is 1. The van der Waals surface area contributed by atoms with Crippen LogP contribution >= 0.6 is 11.3 Å². The number of nitrogens with one attached hydrogen (secondary N) is 1. The van der Waals surface area contributed by atoms with Crippen molar-refractivity contribution in [3.63, 3.8) is 0 Å². The highest BCUT2D eigenvalue weighted by Gasteiger charge is 2.30. The van der Waals surface area contributed by atoms with Gasteiger partial charge in [-0.05, 0) is 56.9 Å². The highest BCUT2D eigenvalue weighted by atomic mass is 32.1. The number of ether oxygens (including phenoxy) is 1. The molecule has 1 N–H and O–H groups in total. The number of methoxy groups -OCH3 is 1. The number of amides is 1. The molecule has 7 nitrogen and oxygen atoms in total. The number of rotatable bonds is 5. The van der Waals surface area contributed by atoms with Crippen LogP contribution in [0.2, 0.25) is 0 Å². The molecule has 1 aromatic carbocycles. The fraction of sp³-hybridized carbons (Fsp3) is 0.522. The van der Waals surface area contributed by atoms with Crippen molar-refractivity contribution in [3.05, 3.63) is 30.0 Å². The van der Waals surface area contributed by atoms with Gasteiger partial charge in [0.2, 0.25) is 5.91 Å². The van der Waals surface area contributed by atoms with Crippen LogP contribution in [0.15, 0.2) is 24.3 Å². The first-order valence-electron chi connectivity index (χ1n) is 11.2. The molecule has 2 aliphatic rings. The first-order valence-corrected chi connectivity index (χ1v) is 12.0. The molecule has 2 aromatic heterocycles. The smallest absolute Gasteiger partial charge is 0.225 e. The Labute approximate surface area is 186 Å². The molecule has 3 aromatic rings. The third kappa shape index (κ3) is 4.01. The highest BCUT2D eigenvalue weighted by molar-refractivity contribution is 7.22. The van der Waals surface area contributed by atoms with E-state index in [9.17, 15) is 4.79 Å². The number of hydrogen-bond acceptors (Lipinski definition) is 6. The minimum atomic E-state index is 0.0422. The van der Waals surface area contributed by atoms with E-state index in [-0.39, 0.29) is 11.8 Å². The van der Waals surface area contributed by atoms with Crippen LogP contribution in [0.1, 0.15) is 44.2 Å². The molecule has 1 saturated heterocycles. The van der Waals surface area contributed by atoms with E-state index in [0.29, 0.717) is 6.04 Å². The Morgan fingerprint density at radius 2 is 1.94 bits per heavy atom. The normalized spacial score (nSPS) is 19.8. The number of hydrogen-bond donors (Lipinski definition) is 1. The van der Waals surface area contributed by atoms with Crippen LogP contribution in [0.25, 0.3) is 16.0 Å². The van der Waals surface area contributed by atoms with Gasteiger partial charge in [0.05, 0.1) is 29.1 Å². The Hall–Kier alpha value is -2.61. The molecule has 0 unspecified atom stereocenters. The third-order valence-corrected chi connectivity index (χ3v) is 7.67. The van der Waals surface area contributed by atoms with Gasteiger partial charge in [0, 0.05) is 19.1 Å². The number of carbonyl (C=O) groups excluding carboxylic acids is 1. The maximum Gasteiger partial charge on any atom is 0.225 e. The first-order chi connectivity index (χ1) is 15.1. The summed E-state index contributed by atoms with van der Waals surface area (Å²) in [5.41, 5.74) is 2.81. The van der Waals surface area contributed by atoms with E-state index in [1.807, 2.05) is 35.9 Å². The molecule has 1 saturated carbocycles. The Kier molecular flexibility index (Phi) is 5.56. The van der Waals surface area contributed by atoms with E-state index in [0.717, 1.165) is 71.4 Å². The average molecular weight is 440 g/mol. The van der Waals surface area contributed by atoms with Crippen LogP contribution < -0.4 is 15.0 Å². The zero-order valence-electron chi connectivity index (χ0n) is 18.1. The monoisotopic (exact) mass is 439 g/mol. The van der Waals surface area contributed by atoms with Crippen LogP contribution in [0.4, 0.5) is 5.13 Å². The molecule has 1 aliphatic heterocycles. The lowest BCUT2D eigenvalue weighted by Gasteiger charge is -2.32. The molecule has 1 amide bonds. The number of carbonyl (C=O) groups is 1. The number of fused-ring (bicyclic) bond motifs is 1. The minimum Gasteiger partial charge on any atom is -0.497 e. The number of aromatic nitrogens is 3. The summed E-state index contributed by atoms with van der Waals surface area (Å²) in [5, 5.41) is 8.97. The van der Waals surface area contributed by atoms with Gasteiger partial charge in [-0.2, -0.15) is 10.1 Å². The summed E-state index contributed by atoms with van der Waals surface area (Å²) in [6.45, 7) is 3.71. The number of aryl methyl sites for hydroxylation is 1. The Balaban J connectivity index is 1.36. The van der Waals surface area contributed by atoms with Crippen molar-refractivity contribution in [2.24, 2.45) is 5.92 Å². The van der Waals surface area contributed by atoms with E-state index >= 15 is 0 Å². The maximum atomic E-state index is 12.8. The van der Waals surface area contributed by atoms with Crippen molar-refractivity contribution < 1.29 is 9.53 Å². The Bertz CT molecular complexity index is 1070. The van der Waals surface area contributed by atoms with Crippen molar-refractivity contribution in [2.45, 2.75) is 51.5 Å². The van der Waals surface area contributed by atoms with Gasteiger partial charge in [0.25, 0.3) is 0 Å². The van der Waals surface area contributed by atoms with Gasteiger partial charge in [0.15, 0.2) is 10.8 Å². The predicted octanol–water partition coefficient (Wildman–Crippen LogP) is 4.07. The standard InChI is InChI=1S/C23H29N5O2S/c1-15-20-21(28(26-15)18-9-11-19(30-2)12-10-18)25-23(31-20)27-13-5-6-16(14-27)22(29)24-17-7-3-4-8-17/h9-12,16-17H,3-8,13-14H2,1-2H3,(H,24,29)/t16-/m0/s1. The molecule has 164 valence electrons. The summed E-state index contributed by atoms with van der Waals surface area (Å²) < 4.78 is 8.27. The Morgan fingerprint density at radius 3 is 2.68 bits per heavy atom. The molecule has 8 heteroatoms. The molecular weight excluding hydrogens is 410 g/mol. The molecule has 31 heavy (non-hydrogen) atoms. The largest absolute Gasteiger partial charge is 0.497 e. The van der Waals surface area contributed by atoms with Gasteiger partial charge in [-0.1, -0.05) is 24.2 Å². The van der Waals surface area contributed by atoms with E-state index in [1.165, 1.54) is 12.8 Å². The average Bonchev–Trinajstić information content (AvgIpc) is 3.53. The summed E-state index contributed by atoms with van der Waals surface area (Å²) in [6, 6.07) is 8.23. The molecule has 3 heterocycles. The van der Waals surface area contributed by atoms with Gasteiger partial charge in [0.1, 0.15) is 5.75 Å². The van der Waals surface area contributed by atoms with E-state index < -0.39 is 0 Å². The lowest BCUT2D eigenvalue weighted by Crippen LogP contribution is -2.45. The number of piperidine rings is 1. The third-order valence-electron chi connectivity index (χ3n) is 6.46. The summed E-state index contributed by atoms with van der Waals surface area (Å²) in [4.78, 5) is 20.1. The minimum absolute atomic E-state index is 0.0422. The van der Waals surface area contributed by atoms with Crippen molar-refractivity contribution in [3.8, 4) is 11.4 Å². The summed E-state index contributed by atoms with van der Waals surface area (Å²) >= 11 is 1.68. The summed E-state index contributed by atoms with van der Waals surface area (Å²) in [7, 11) is 1.66. The van der Waals surface area contributed by atoms with Crippen LogP contribution in [0, 0.1) is 12.8 Å².